The van der Waals surface area contributed by atoms with Gasteiger partial charge in [-0.25, -0.2) is 0 Å². The molecule has 0 bridgehead atoms. The number of amides is 3. The number of rotatable bonds is 7. The van der Waals surface area contributed by atoms with Crippen molar-refractivity contribution < 1.29 is 14.4 Å². The van der Waals surface area contributed by atoms with Crippen LogP contribution in [0.15, 0.2) is 42.5 Å². The van der Waals surface area contributed by atoms with E-state index in [9.17, 15) is 14.4 Å². The van der Waals surface area contributed by atoms with Gasteiger partial charge in [0.25, 0.3) is 5.91 Å². The zero-order valence-electron chi connectivity index (χ0n) is 17.6. The molecule has 0 spiro atoms. The number of carbonyl (C=O) groups is 3. The fourth-order valence-corrected chi connectivity index (χ4v) is 3.87. The molecule has 3 amide bonds. The largest absolute Gasteiger partial charge is 0.329 e. The summed E-state index contributed by atoms with van der Waals surface area (Å²) in [5.74, 6) is -0.760. The fraction of sp³-hybridized carbons (Fsp3) is 0.348. The normalized spacial score (nSPS) is 13.6. The van der Waals surface area contributed by atoms with Crippen molar-refractivity contribution in [2.24, 2.45) is 0 Å². The third kappa shape index (κ3) is 5.20. The molecule has 6 nitrogen and oxygen atoms in total. The van der Waals surface area contributed by atoms with Crippen molar-refractivity contribution in [2.75, 3.05) is 31.2 Å². The van der Waals surface area contributed by atoms with Crippen molar-refractivity contribution in [1.29, 1.82) is 0 Å². The molecule has 0 atom stereocenters. The lowest BCUT2D eigenvalue weighted by Gasteiger charge is -2.25. The highest BCUT2D eigenvalue weighted by atomic mass is 35.5. The molecule has 3 rings (SSSR count). The zero-order chi connectivity index (χ0) is 22.5. The van der Waals surface area contributed by atoms with E-state index in [0.29, 0.717) is 27.8 Å². The van der Waals surface area contributed by atoms with Gasteiger partial charge in [0.1, 0.15) is 19.8 Å². The Kier molecular flexibility index (Phi) is 7.57. The first-order valence-electron chi connectivity index (χ1n) is 10.2. The lowest BCUT2D eigenvalue weighted by molar-refractivity contribution is -0.132. The second kappa shape index (κ2) is 10.2. The van der Waals surface area contributed by atoms with Crippen molar-refractivity contribution in [2.45, 2.75) is 26.7 Å². The van der Waals surface area contributed by atoms with Crippen LogP contribution in [-0.4, -0.2) is 53.8 Å². The van der Waals surface area contributed by atoms with Crippen LogP contribution in [0, 0.1) is 6.92 Å². The van der Waals surface area contributed by atoms with E-state index in [1.807, 2.05) is 19.9 Å². The van der Waals surface area contributed by atoms with Crippen LogP contribution in [0.5, 0.6) is 0 Å². The molecule has 1 heterocycles. The van der Waals surface area contributed by atoms with E-state index in [-0.39, 0.29) is 37.5 Å². The van der Waals surface area contributed by atoms with E-state index >= 15 is 0 Å². The maximum Gasteiger partial charge on any atom is 0.255 e. The molecule has 1 aliphatic rings. The lowest BCUT2D eigenvalue weighted by Crippen LogP contribution is -2.43. The molecule has 0 aliphatic carbocycles. The Morgan fingerprint density at radius 3 is 2.48 bits per heavy atom. The summed E-state index contributed by atoms with van der Waals surface area (Å²) in [5.41, 5.74) is 1.83. The molecule has 31 heavy (non-hydrogen) atoms. The first-order chi connectivity index (χ1) is 14.8. The third-order valence-electron chi connectivity index (χ3n) is 5.32. The Bertz CT molecular complexity index is 996. The van der Waals surface area contributed by atoms with Crippen molar-refractivity contribution in [1.82, 2.24) is 9.80 Å². The summed E-state index contributed by atoms with van der Waals surface area (Å²) in [6.45, 7) is 4.27. The van der Waals surface area contributed by atoms with Crippen LogP contribution in [0.25, 0.3) is 0 Å². The van der Waals surface area contributed by atoms with Crippen LogP contribution in [0.3, 0.4) is 0 Å². The smallest absolute Gasteiger partial charge is 0.255 e. The van der Waals surface area contributed by atoms with Crippen LogP contribution >= 0.6 is 23.2 Å². The van der Waals surface area contributed by atoms with Gasteiger partial charge in [0.05, 0.1) is 10.6 Å². The number of hydrogen-bond donors (Lipinski definition) is 0. The summed E-state index contributed by atoms with van der Waals surface area (Å²) in [6.07, 6.45) is 1.64. The molecule has 8 heteroatoms. The van der Waals surface area contributed by atoms with Gasteiger partial charge in [-0.1, -0.05) is 54.7 Å². The Labute approximate surface area is 192 Å². The number of benzene rings is 2. The van der Waals surface area contributed by atoms with Gasteiger partial charge in [-0.3, -0.25) is 19.3 Å². The summed E-state index contributed by atoms with van der Waals surface area (Å²) >= 11 is 12.4. The Hall–Kier alpha value is -2.57. The van der Waals surface area contributed by atoms with Gasteiger partial charge in [-0.2, -0.15) is 0 Å². The molecule has 0 N–H and O–H groups in total. The lowest BCUT2D eigenvalue weighted by atomic mass is 10.2. The van der Waals surface area contributed by atoms with E-state index in [0.717, 1.165) is 18.4 Å². The molecule has 1 saturated heterocycles. The Morgan fingerprint density at radius 2 is 1.77 bits per heavy atom. The highest BCUT2D eigenvalue weighted by Gasteiger charge is 2.34. The van der Waals surface area contributed by atoms with E-state index in [1.165, 1.54) is 9.80 Å². The molecular formula is C23H25Cl2N3O3. The first kappa shape index (κ1) is 23.1. The highest BCUT2D eigenvalue weighted by molar-refractivity contribution is 6.33. The van der Waals surface area contributed by atoms with E-state index in [1.54, 1.807) is 41.3 Å². The molecular weight excluding hydrogens is 437 g/mol. The topological polar surface area (TPSA) is 60.9 Å². The van der Waals surface area contributed by atoms with Gasteiger partial charge in [-0.05, 0) is 43.2 Å². The highest BCUT2D eigenvalue weighted by Crippen LogP contribution is 2.29. The predicted octanol–water partition coefficient (Wildman–Crippen LogP) is 4.38. The van der Waals surface area contributed by atoms with Crippen molar-refractivity contribution >= 4 is 46.6 Å². The summed E-state index contributed by atoms with van der Waals surface area (Å²) in [7, 11) is 0. The first-order valence-corrected chi connectivity index (χ1v) is 11.0. The number of nitrogens with zero attached hydrogens (tertiary/aromatic N) is 3. The average Bonchev–Trinajstić information content (AvgIpc) is 3.14. The predicted molar refractivity (Wildman–Crippen MR) is 123 cm³/mol. The van der Waals surface area contributed by atoms with E-state index in [4.69, 9.17) is 23.2 Å². The van der Waals surface area contributed by atoms with Crippen molar-refractivity contribution in [3.05, 3.63) is 63.6 Å². The van der Waals surface area contributed by atoms with Gasteiger partial charge in [0.15, 0.2) is 0 Å². The minimum atomic E-state index is -0.291. The molecule has 0 saturated carbocycles. The molecule has 2 aromatic carbocycles. The molecule has 1 fully saturated rings. The number of anilines is 1. The maximum atomic E-state index is 13.0. The quantitative estimate of drug-likeness (QED) is 0.614. The number of carbonyl (C=O) groups excluding carboxylic acids is 3. The van der Waals surface area contributed by atoms with Crippen LogP contribution in [0.2, 0.25) is 10.0 Å². The van der Waals surface area contributed by atoms with E-state index in [2.05, 4.69) is 0 Å². The SMILES string of the molecule is CCCCN(CC(=O)N1CC(=O)N(c2cccc(Cl)c2C)C1)C(=O)c1ccccc1Cl. The Balaban J connectivity index is 1.74. The summed E-state index contributed by atoms with van der Waals surface area (Å²) in [5, 5.41) is 0.909. The number of hydrogen-bond acceptors (Lipinski definition) is 3. The molecule has 164 valence electrons. The monoisotopic (exact) mass is 461 g/mol. The third-order valence-corrected chi connectivity index (χ3v) is 6.06. The second-order valence-corrected chi connectivity index (χ2v) is 8.31. The van der Waals surface area contributed by atoms with Crippen LogP contribution < -0.4 is 4.90 Å². The molecule has 1 aliphatic heterocycles. The minimum Gasteiger partial charge on any atom is -0.329 e. The van der Waals surface area contributed by atoms with Gasteiger partial charge in [0.2, 0.25) is 11.8 Å². The molecule has 0 unspecified atom stereocenters. The fourth-order valence-electron chi connectivity index (χ4n) is 3.48. The van der Waals surface area contributed by atoms with Crippen molar-refractivity contribution in [3.8, 4) is 0 Å². The van der Waals surface area contributed by atoms with Crippen LogP contribution in [0.4, 0.5) is 5.69 Å². The standard InChI is InChI=1S/C23H25Cl2N3O3/c1-3-4-12-26(23(31)17-8-5-6-9-19(17)25)13-21(29)27-14-22(30)28(15-27)20-11-7-10-18(24)16(20)2/h5-11H,3-4,12-15H2,1-2H3. The van der Waals surface area contributed by atoms with Crippen LogP contribution in [0.1, 0.15) is 35.7 Å². The van der Waals surface area contributed by atoms with Crippen molar-refractivity contribution in [3.63, 3.8) is 0 Å². The zero-order valence-corrected chi connectivity index (χ0v) is 19.1. The molecule has 0 radical (unpaired) electrons. The minimum absolute atomic E-state index is 0.0350. The molecule has 0 aromatic heterocycles. The Morgan fingerprint density at radius 1 is 1.06 bits per heavy atom. The van der Waals surface area contributed by atoms with Crippen LogP contribution in [-0.2, 0) is 9.59 Å². The molecule has 2 aromatic rings. The average molecular weight is 462 g/mol. The van der Waals surface area contributed by atoms with E-state index < -0.39 is 0 Å². The second-order valence-electron chi connectivity index (χ2n) is 7.50. The van der Waals surface area contributed by atoms with Gasteiger partial charge in [-0.15, -0.1) is 0 Å². The number of unbranched alkanes of at least 4 members (excludes halogenated alkanes) is 1. The van der Waals surface area contributed by atoms with Gasteiger partial charge < -0.3 is 9.80 Å². The summed E-state index contributed by atoms with van der Waals surface area (Å²) in [4.78, 5) is 43.2. The maximum absolute atomic E-state index is 13.0. The summed E-state index contributed by atoms with van der Waals surface area (Å²) < 4.78 is 0. The number of halogens is 2. The van der Waals surface area contributed by atoms with Gasteiger partial charge >= 0.3 is 0 Å². The van der Waals surface area contributed by atoms with Gasteiger partial charge in [0, 0.05) is 17.3 Å². The summed E-state index contributed by atoms with van der Waals surface area (Å²) in [6, 6.07) is 12.1.